The van der Waals surface area contributed by atoms with Gasteiger partial charge in [-0.05, 0) is 82.2 Å². The molecule has 2 rings (SSSR count). The molecular weight excluding hydrogens is 362 g/mol. The van der Waals surface area contributed by atoms with Crippen LogP contribution in [0.4, 0.5) is 5.69 Å². The van der Waals surface area contributed by atoms with Crippen molar-refractivity contribution in [1.82, 2.24) is 0 Å². The second kappa shape index (κ2) is 10.9. The Morgan fingerprint density at radius 3 is 2.34 bits per heavy atom. The van der Waals surface area contributed by atoms with Crippen LogP contribution >= 0.6 is 0 Å². The van der Waals surface area contributed by atoms with Crippen LogP contribution in [0.3, 0.4) is 0 Å². The zero-order valence-corrected chi connectivity index (χ0v) is 17.8. The van der Waals surface area contributed by atoms with Gasteiger partial charge in [0.15, 0.2) is 11.5 Å². The number of allylic oxidation sites excluding steroid dienone is 2. The molecule has 2 aromatic rings. The number of amides is 1. The molecule has 1 amide bonds. The number of benzene rings is 2. The van der Waals surface area contributed by atoms with Gasteiger partial charge in [-0.2, -0.15) is 0 Å². The van der Waals surface area contributed by atoms with E-state index < -0.39 is 0 Å². The molecule has 0 atom stereocenters. The van der Waals surface area contributed by atoms with Crippen LogP contribution in [0, 0.1) is 6.92 Å². The van der Waals surface area contributed by atoms with Gasteiger partial charge in [0, 0.05) is 11.8 Å². The Labute approximate surface area is 173 Å². The second-order valence-electron chi connectivity index (χ2n) is 7.30. The van der Waals surface area contributed by atoms with Crippen LogP contribution in [-0.2, 0) is 4.79 Å². The van der Waals surface area contributed by atoms with Gasteiger partial charge in [-0.1, -0.05) is 29.3 Å². The van der Waals surface area contributed by atoms with Crippen LogP contribution in [0.25, 0.3) is 6.08 Å². The van der Waals surface area contributed by atoms with Gasteiger partial charge in [0.2, 0.25) is 5.91 Å². The summed E-state index contributed by atoms with van der Waals surface area (Å²) in [6, 6.07) is 13.3. The van der Waals surface area contributed by atoms with Gasteiger partial charge in [0.25, 0.3) is 0 Å². The van der Waals surface area contributed by atoms with Crippen LogP contribution in [0.5, 0.6) is 11.5 Å². The van der Waals surface area contributed by atoms with Crippen molar-refractivity contribution in [2.24, 2.45) is 0 Å². The molecule has 29 heavy (non-hydrogen) atoms. The number of aryl methyl sites for hydroxylation is 1. The Morgan fingerprint density at radius 2 is 1.69 bits per heavy atom. The molecule has 0 saturated carbocycles. The van der Waals surface area contributed by atoms with Gasteiger partial charge in [-0.15, -0.1) is 0 Å². The molecule has 0 heterocycles. The molecule has 0 spiro atoms. The van der Waals surface area contributed by atoms with E-state index in [4.69, 9.17) is 9.47 Å². The highest BCUT2D eigenvalue weighted by Crippen LogP contribution is 2.29. The van der Waals surface area contributed by atoms with E-state index >= 15 is 0 Å². The molecule has 0 bridgehead atoms. The maximum absolute atomic E-state index is 12.2. The third kappa shape index (κ3) is 8.09. The van der Waals surface area contributed by atoms with Crippen LogP contribution < -0.4 is 14.8 Å². The van der Waals surface area contributed by atoms with Crippen molar-refractivity contribution >= 4 is 17.7 Å². The molecule has 2 aromatic carbocycles. The summed E-state index contributed by atoms with van der Waals surface area (Å²) < 4.78 is 11.6. The lowest BCUT2D eigenvalue weighted by molar-refractivity contribution is -0.111. The van der Waals surface area contributed by atoms with Crippen LogP contribution in [0.1, 0.15) is 38.8 Å². The lowest BCUT2D eigenvalue weighted by atomic mass is 10.2. The monoisotopic (exact) mass is 391 g/mol. The first-order chi connectivity index (χ1) is 13.8. The molecule has 152 valence electrons. The van der Waals surface area contributed by atoms with Gasteiger partial charge in [0.05, 0.1) is 6.26 Å². The average Bonchev–Trinajstić information content (AvgIpc) is 2.67. The highest BCUT2D eigenvalue weighted by atomic mass is 16.5. The fourth-order valence-electron chi connectivity index (χ4n) is 2.31. The van der Waals surface area contributed by atoms with Crippen molar-refractivity contribution in [2.75, 3.05) is 11.9 Å². The molecule has 4 heteroatoms. The molecule has 0 fully saturated rings. The van der Waals surface area contributed by atoms with Crippen molar-refractivity contribution in [1.29, 1.82) is 0 Å². The Bertz CT molecular complexity index is 914. The summed E-state index contributed by atoms with van der Waals surface area (Å²) >= 11 is 0. The molecule has 0 aliphatic carbocycles. The maximum Gasteiger partial charge on any atom is 0.248 e. The van der Waals surface area contributed by atoms with Crippen molar-refractivity contribution < 1.29 is 14.3 Å². The summed E-state index contributed by atoms with van der Waals surface area (Å²) in [5.74, 6) is 1.07. The Hall–Kier alpha value is -3.27. The number of carbonyl (C=O) groups excluding carboxylic acids is 1. The third-order valence-electron chi connectivity index (χ3n) is 3.87. The van der Waals surface area contributed by atoms with Crippen molar-refractivity contribution in [3.8, 4) is 11.5 Å². The van der Waals surface area contributed by atoms with E-state index in [1.54, 1.807) is 12.3 Å². The van der Waals surface area contributed by atoms with Crippen LogP contribution in [0.15, 0.2) is 72.0 Å². The van der Waals surface area contributed by atoms with E-state index in [0.717, 1.165) is 22.4 Å². The smallest absolute Gasteiger partial charge is 0.248 e. The highest BCUT2D eigenvalue weighted by Gasteiger charge is 2.06. The zero-order chi connectivity index (χ0) is 21.2. The maximum atomic E-state index is 12.2. The molecular formula is C25H29NO3. The summed E-state index contributed by atoms with van der Waals surface area (Å²) in [5, 5.41) is 2.85. The van der Waals surface area contributed by atoms with Gasteiger partial charge in [-0.3, -0.25) is 4.79 Å². The molecule has 0 saturated heterocycles. The fraction of sp³-hybridized carbons (Fsp3) is 0.240. The number of hydrogen-bond donors (Lipinski definition) is 1. The van der Waals surface area contributed by atoms with E-state index in [0.29, 0.717) is 18.1 Å². The van der Waals surface area contributed by atoms with E-state index in [1.807, 2.05) is 83.2 Å². The largest absolute Gasteiger partial charge is 0.486 e. The fourth-order valence-corrected chi connectivity index (χ4v) is 2.31. The molecule has 4 nitrogen and oxygen atoms in total. The van der Waals surface area contributed by atoms with Gasteiger partial charge in [-0.25, -0.2) is 0 Å². The first-order valence-electron chi connectivity index (χ1n) is 9.59. The summed E-state index contributed by atoms with van der Waals surface area (Å²) in [7, 11) is 0. The predicted octanol–water partition coefficient (Wildman–Crippen LogP) is 6.29. The lowest BCUT2D eigenvalue weighted by Gasteiger charge is -2.11. The number of nitrogens with one attached hydrogen (secondary N) is 1. The molecule has 0 aromatic heterocycles. The Kier molecular flexibility index (Phi) is 8.28. The first-order valence-corrected chi connectivity index (χ1v) is 9.59. The first kappa shape index (κ1) is 22.0. The average molecular weight is 392 g/mol. The number of anilines is 1. The minimum Gasteiger partial charge on any atom is -0.486 e. The Balaban J connectivity index is 2.12. The number of ether oxygens (including phenoxy) is 2. The number of rotatable bonds is 8. The van der Waals surface area contributed by atoms with E-state index in [9.17, 15) is 4.79 Å². The predicted molar refractivity (Wildman–Crippen MR) is 120 cm³/mol. The number of hydrogen-bond acceptors (Lipinski definition) is 3. The Morgan fingerprint density at radius 1 is 0.966 bits per heavy atom. The second-order valence-corrected chi connectivity index (χ2v) is 7.30. The third-order valence-corrected chi connectivity index (χ3v) is 3.87. The number of carbonyl (C=O) groups is 1. The van der Waals surface area contributed by atoms with Crippen LogP contribution in [-0.4, -0.2) is 12.5 Å². The normalized spacial score (nSPS) is 10.4. The lowest BCUT2D eigenvalue weighted by Crippen LogP contribution is -2.07. The van der Waals surface area contributed by atoms with Gasteiger partial charge < -0.3 is 14.8 Å². The van der Waals surface area contributed by atoms with E-state index in [2.05, 4.69) is 5.32 Å². The molecule has 0 unspecified atom stereocenters. The summed E-state index contributed by atoms with van der Waals surface area (Å²) in [5.41, 5.74) is 4.99. The SMILES string of the molecule is CC(C)=CCOc1ccc(/C=C/C(=O)Nc2ccc(C)cc2)cc1OC=C(C)C. The van der Waals surface area contributed by atoms with Crippen molar-refractivity contribution in [2.45, 2.75) is 34.6 Å². The van der Waals surface area contributed by atoms with Crippen LogP contribution in [0.2, 0.25) is 0 Å². The van der Waals surface area contributed by atoms with Crippen molar-refractivity contribution in [3.05, 3.63) is 83.2 Å². The topological polar surface area (TPSA) is 47.6 Å². The summed E-state index contributed by atoms with van der Waals surface area (Å²) in [6.07, 6.45) is 6.94. The van der Waals surface area contributed by atoms with Gasteiger partial charge >= 0.3 is 0 Å². The zero-order valence-electron chi connectivity index (χ0n) is 17.8. The quantitative estimate of drug-likeness (QED) is 0.327. The molecule has 0 radical (unpaired) electrons. The minimum absolute atomic E-state index is 0.190. The standard InChI is InChI=1S/C25H29NO3/c1-18(2)14-15-28-23-12-8-21(16-24(23)29-17-19(3)4)9-13-25(27)26-22-10-6-20(5)7-11-22/h6-14,16-17H,15H2,1-5H3,(H,26,27)/b13-9+. The van der Waals surface area contributed by atoms with Gasteiger partial charge in [0.1, 0.15) is 6.61 Å². The van der Waals surface area contributed by atoms with E-state index in [-0.39, 0.29) is 5.91 Å². The summed E-state index contributed by atoms with van der Waals surface area (Å²) in [4.78, 5) is 12.2. The highest BCUT2D eigenvalue weighted by molar-refractivity contribution is 6.01. The summed E-state index contributed by atoms with van der Waals surface area (Å²) in [6.45, 7) is 10.5. The van der Waals surface area contributed by atoms with E-state index in [1.165, 1.54) is 11.6 Å². The van der Waals surface area contributed by atoms with Crippen molar-refractivity contribution in [3.63, 3.8) is 0 Å². The molecule has 0 aliphatic heterocycles. The minimum atomic E-state index is -0.190. The molecule has 0 aliphatic rings. The molecule has 1 N–H and O–H groups in total.